The monoisotopic (exact) mass is 169 g/mol. The zero-order valence-electron chi connectivity index (χ0n) is 7.92. The highest BCUT2D eigenvalue weighted by molar-refractivity contribution is 5.04. The summed E-state index contributed by atoms with van der Waals surface area (Å²) in [6.45, 7) is 5.29. The molecule has 0 atom stereocenters. The topological polar surface area (TPSA) is 23.5 Å². The highest BCUT2D eigenvalue weighted by atomic mass is 16.3. The van der Waals surface area contributed by atoms with Gasteiger partial charge in [-0.05, 0) is 31.7 Å². The second-order valence-corrected chi connectivity index (χ2v) is 4.44. The Balaban J connectivity index is 1.68. The van der Waals surface area contributed by atoms with Crippen LogP contribution in [0.4, 0.5) is 0 Å². The van der Waals surface area contributed by atoms with E-state index in [1.54, 1.807) is 0 Å². The molecule has 0 radical (unpaired) electrons. The molecule has 1 saturated heterocycles. The molecule has 0 spiro atoms. The van der Waals surface area contributed by atoms with E-state index in [-0.39, 0.29) is 5.60 Å². The van der Waals surface area contributed by atoms with Crippen LogP contribution in [0, 0.1) is 5.92 Å². The minimum Gasteiger partial charge on any atom is -0.387 e. The van der Waals surface area contributed by atoms with E-state index in [0.29, 0.717) is 5.92 Å². The van der Waals surface area contributed by atoms with E-state index in [4.69, 9.17) is 0 Å². The van der Waals surface area contributed by atoms with Crippen molar-refractivity contribution in [3.63, 3.8) is 0 Å². The fraction of sp³-hybridized carbons (Fsp3) is 1.00. The predicted molar refractivity (Wildman–Crippen MR) is 49.0 cm³/mol. The van der Waals surface area contributed by atoms with E-state index in [1.807, 2.05) is 0 Å². The highest BCUT2D eigenvalue weighted by Crippen LogP contribution is 2.44. The molecule has 12 heavy (non-hydrogen) atoms. The highest BCUT2D eigenvalue weighted by Gasteiger charge is 2.51. The Morgan fingerprint density at radius 2 is 2.08 bits per heavy atom. The summed E-state index contributed by atoms with van der Waals surface area (Å²) in [5.41, 5.74) is -0.270. The molecule has 2 heteroatoms. The number of hydrogen-bond acceptors (Lipinski definition) is 2. The Morgan fingerprint density at radius 1 is 1.42 bits per heavy atom. The molecular formula is C10H19NO. The maximum absolute atomic E-state index is 9.98. The Morgan fingerprint density at radius 3 is 2.58 bits per heavy atom. The predicted octanol–water partition coefficient (Wildman–Crippen LogP) is 1.24. The third kappa shape index (κ3) is 1.50. The van der Waals surface area contributed by atoms with Crippen molar-refractivity contribution in [2.75, 3.05) is 19.6 Å². The van der Waals surface area contributed by atoms with Gasteiger partial charge >= 0.3 is 0 Å². The second kappa shape index (κ2) is 3.00. The number of rotatable bonds is 4. The van der Waals surface area contributed by atoms with E-state index in [2.05, 4.69) is 11.8 Å². The maximum Gasteiger partial charge on any atom is 0.0928 e. The fourth-order valence-electron chi connectivity index (χ4n) is 2.15. The average Bonchev–Trinajstić information content (AvgIpc) is 2.77. The molecule has 2 nitrogen and oxygen atoms in total. The van der Waals surface area contributed by atoms with Crippen LogP contribution in [0.5, 0.6) is 0 Å². The molecule has 0 bridgehead atoms. The summed E-state index contributed by atoms with van der Waals surface area (Å²) in [5, 5.41) is 9.98. The van der Waals surface area contributed by atoms with Crippen LogP contribution in [0.3, 0.4) is 0 Å². The quantitative estimate of drug-likeness (QED) is 0.684. The number of β-amino-alcohol motifs (C(OH)–C–C–N with tert-alkyl or cyclic N) is 1. The summed E-state index contributed by atoms with van der Waals surface area (Å²) in [5.74, 6) is 0.648. The first-order valence-electron chi connectivity index (χ1n) is 5.19. The molecule has 2 rings (SSSR count). The van der Waals surface area contributed by atoms with Gasteiger partial charge in [-0.3, -0.25) is 4.90 Å². The molecule has 2 aliphatic rings. The van der Waals surface area contributed by atoms with Gasteiger partial charge in [0.15, 0.2) is 0 Å². The third-order valence-corrected chi connectivity index (χ3v) is 3.16. The minimum atomic E-state index is -0.270. The lowest BCUT2D eigenvalue weighted by Gasteiger charge is -2.47. The van der Waals surface area contributed by atoms with Crippen LogP contribution in [-0.2, 0) is 0 Å². The van der Waals surface area contributed by atoms with Gasteiger partial charge in [0.25, 0.3) is 0 Å². The molecule has 1 heterocycles. The molecule has 70 valence electrons. The lowest BCUT2D eigenvalue weighted by atomic mass is 9.88. The Hall–Kier alpha value is -0.0800. The van der Waals surface area contributed by atoms with Crippen molar-refractivity contribution < 1.29 is 5.11 Å². The van der Waals surface area contributed by atoms with Crippen molar-refractivity contribution in [3.8, 4) is 0 Å². The smallest absolute Gasteiger partial charge is 0.0928 e. The van der Waals surface area contributed by atoms with Gasteiger partial charge in [0, 0.05) is 13.1 Å². The van der Waals surface area contributed by atoms with Crippen molar-refractivity contribution in [2.45, 2.75) is 38.2 Å². The van der Waals surface area contributed by atoms with Crippen LogP contribution in [-0.4, -0.2) is 35.2 Å². The molecule has 1 aliphatic heterocycles. The standard InChI is InChI=1S/C10H19NO/c1-2-3-6-11-7-10(12,8-11)9-4-5-9/h9,12H,2-8H2,1H3. The number of nitrogens with zero attached hydrogens (tertiary/aromatic N) is 1. The summed E-state index contributed by atoms with van der Waals surface area (Å²) in [6, 6.07) is 0. The molecule has 0 aromatic carbocycles. The fourth-order valence-corrected chi connectivity index (χ4v) is 2.15. The molecule has 2 fully saturated rings. The largest absolute Gasteiger partial charge is 0.387 e. The van der Waals surface area contributed by atoms with E-state index in [9.17, 15) is 5.11 Å². The van der Waals surface area contributed by atoms with Crippen LogP contribution in [0.1, 0.15) is 32.6 Å². The van der Waals surface area contributed by atoms with Gasteiger partial charge in [-0.1, -0.05) is 13.3 Å². The van der Waals surface area contributed by atoms with Crippen LogP contribution in [0.15, 0.2) is 0 Å². The van der Waals surface area contributed by atoms with Gasteiger partial charge in [0.05, 0.1) is 5.60 Å². The van der Waals surface area contributed by atoms with E-state index in [1.165, 1.54) is 32.2 Å². The third-order valence-electron chi connectivity index (χ3n) is 3.16. The number of unbranched alkanes of at least 4 members (excludes halogenated alkanes) is 1. The van der Waals surface area contributed by atoms with Crippen molar-refractivity contribution in [2.24, 2.45) is 5.92 Å². The Bertz CT molecular complexity index is 159. The summed E-state index contributed by atoms with van der Waals surface area (Å²) in [7, 11) is 0. The van der Waals surface area contributed by atoms with Crippen LogP contribution in [0.2, 0.25) is 0 Å². The normalized spacial score (nSPS) is 28.5. The number of likely N-dealkylation sites (tertiary alicyclic amines) is 1. The molecule has 0 aromatic heterocycles. The zero-order chi connectivity index (χ0) is 8.60. The van der Waals surface area contributed by atoms with E-state index >= 15 is 0 Å². The van der Waals surface area contributed by atoms with Gasteiger partial charge in [0.1, 0.15) is 0 Å². The van der Waals surface area contributed by atoms with E-state index in [0.717, 1.165) is 13.1 Å². The zero-order valence-corrected chi connectivity index (χ0v) is 7.92. The van der Waals surface area contributed by atoms with Crippen molar-refractivity contribution in [1.29, 1.82) is 0 Å². The van der Waals surface area contributed by atoms with Crippen molar-refractivity contribution in [1.82, 2.24) is 4.90 Å². The van der Waals surface area contributed by atoms with Gasteiger partial charge < -0.3 is 5.11 Å². The average molecular weight is 169 g/mol. The molecule has 0 unspecified atom stereocenters. The van der Waals surface area contributed by atoms with Gasteiger partial charge in [-0.15, -0.1) is 0 Å². The van der Waals surface area contributed by atoms with Gasteiger partial charge in [0.2, 0.25) is 0 Å². The van der Waals surface area contributed by atoms with Gasteiger partial charge in [-0.2, -0.15) is 0 Å². The number of aliphatic hydroxyl groups is 1. The van der Waals surface area contributed by atoms with Crippen LogP contribution >= 0.6 is 0 Å². The molecule has 1 N–H and O–H groups in total. The first-order chi connectivity index (χ1) is 5.74. The Kier molecular flexibility index (Phi) is 2.13. The van der Waals surface area contributed by atoms with Crippen LogP contribution < -0.4 is 0 Å². The molecule has 1 saturated carbocycles. The minimum absolute atomic E-state index is 0.270. The Labute approximate surface area is 74.6 Å². The maximum atomic E-state index is 9.98. The van der Waals surface area contributed by atoms with Crippen LogP contribution in [0.25, 0.3) is 0 Å². The molecule has 1 aliphatic carbocycles. The molecule has 0 amide bonds. The van der Waals surface area contributed by atoms with Crippen molar-refractivity contribution >= 4 is 0 Å². The number of hydrogen-bond donors (Lipinski definition) is 1. The summed E-state index contributed by atoms with van der Waals surface area (Å²) >= 11 is 0. The van der Waals surface area contributed by atoms with Crippen molar-refractivity contribution in [3.05, 3.63) is 0 Å². The second-order valence-electron chi connectivity index (χ2n) is 4.44. The summed E-state index contributed by atoms with van der Waals surface area (Å²) in [6.07, 6.45) is 5.06. The summed E-state index contributed by atoms with van der Waals surface area (Å²) in [4.78, 5) is 2.38. The van der Waals surface area contributed by atoms with Gasteiger partial charge in [-0.25, -0.2) is 0 Å². The molecule has 0 aromatic rings. The lowest BCUT2D eigenvalue weighted by molar-refractivity contribution is -0.113. The first kappa shape index (κ1) is 8.52. The van der Waals surface area contributed by atoms with E-state index < -0.39 is 0 Å². The SMILES string of the molecule is CCCCN1CC(O)(C2CC2)C1. The first-order valence-corrected chi connectivity index (χ1v) is 5.19. The summed E-state index contributed by atoms with van der Waals surface area (Å²) < 4.78 is 0. The molecular weight excluding hydrogens is 150 g/mol. The lowest BCUT2D eigenvalue weighted by Crippen LogP contribution is -2.63.